The molecule has 0 spiro atoms. The molecular weight excluding hydrogens is 310 g/mol. The molecule has 3 heterocycles. The maximum atomic E-state index is 4.22. The second kappa shape index (κ2) is 7.30. The van der Waals surface area contributed by atoms with Crippen molar-refractivity contribution in [3.8, 4) is 0 Å². The third-order valence-electron chi connectivity index (χ3n) is 4.97. The van der Waals surface area contributed by atoms with Crippen LogP contribution in [0.1, 0.15) is 73.9 Å². The Kier molecular flexibility index (Phi) is 5.11. The molecule has 0 saturated heterocycles. The molecule has 0 aliphatic carbocycles. The first-order valence-electron chi connectivity index (χ1n) is 9.13. The fraction of sp³-hybridized carbons (Fsp3) is 0.500. The van der Waals surface area contributed by atoms with Crippen molar-refractivity contribution in [1.29, 1.82) is 0 Å². The Bertz CT molecular complexity index is 808. The molecule has 3 aromatic heterocycles. The van der Waals surface area contributed by atoms with Crippen LogP contribution in [0.4, 0.5) is 0 Å². The molecule has 2 unspecified atom stereocenters. The Hall–Kier alpha value is -2.30. The Morgan fingerprint density at radius 1 is 1.04 bits per heavy atom. The van der Waals surface area contributed by atoms with Crippen molar-refractivity contribution >= 4 is 0 Å². The molecule has 0 aliphatic heterocycles. The Morgan fingerprint density at radius 2 is 1.80 bits per heavy atom. The highest BCUT2D eigenvalue weighted by Gasteiger charge is 2.15. The van der Waals surface area contributed by atoms with Crippen LogP contribution in [0.5, 0.6) is 0 Å². The summed E-state index contributed by atoms with van der Waals surface area (Å²) in [4.78, 5) is 7.02. The van der Waals surface area contributed by atoms with Gasteiger partial charge in [0.25, 0.3) is 0 Å². The minimum atomic E-state index is 0.339. The second-order valence-electron chi connectivity index (χ2n) is 7.56. The monoisotopic (exact) mass is 339 g/mol. The highest BCUT2D eigenvalue weighted by Crippen LogP contribution is 2.24. The Balaban J connectivity index is 1.63. The predicted octanol–water partition coefficient (Wildman–Crippen LogP) is 4.29. The molecule has 0 fully saturated rings. The van der Waals surface area contributed by atoms with E-state index in [1.165, 1.54) is 22.6 Å². The van der Waals surface area contributed by atoms with Crippen molar-refractivity contribution in [1.82, 2.24) is 24.7 Å². The summed E-state index contributed by atoms with van der Waals surface area (Å²) in [6.07, 6.45) is 5.86. The molecule has 3 aromatic rings. The highest BCUT2D eigenvalue weighted by atomic mass is 15.2. The topological polar surface area (TPSA) is 62.3 Å². The van der Waals surface area contributed by atoms with Crippen molar-refractivity contribution in [2.45, 2.75) is 58.3 Å². The zero-order valence-corrected chi connectivity index (χ0v) is 15.9. The summed E-state index contributed by atoms with van der Waals surface area (Å²) in [6.45, 7) is 8.93. The van der Waals surface area contributed by atoms with Gasteiger partial charge in [-0.1, -0.05) is 27.7 Å². The molecule has 2 atom stereocenters. The van der Waals surface area contributed by atoms with E-state index in [9.17, 15) is 0 Å². The van der Waals surface area contributed by atoms with E-state index >= 15 is 0 Å². The van der Waals surface area contributed by atoms with Crippen molar-refractivity contribution in [2.75, 3.05) is 0 Å². The highest BCUT2D eigenvalue weighted by molar-refractivity contribution is 5.24. The van der Waals surface area contributed by atoms with Gasteiger partial charge in [-0.3, -0.25) is 0 Å². The zero-order valence-electron chi connectivity index (χ0n) is 15.9. The molecule has 0 bridgehead atoms. The van der Waals surface area contributed by atoms with Gasteiger partial charge in [0.2, 0.25) is 0 Å². The van der Waals surface area contributed by atoms with E-state index in [1.54, 1.807) is 6.33 Å². The summed E-state index contributed by atoms with van der Waals surface area (Å²) in [6, 6.07) is 6.71. The van der Waals surface area contributed by atoms with Gasteiger partial charge in [0.1, 0.15) is 12.2 Å². The van der Waals surface area contributed by atoms with Gasteiger partial charge in [-0.25, -0.2) is 0 Å². The van der Waals surface area contributed by atoms with Gasteiger partial charge in [-0.05, 0) is 42.5 Å². The van der Waals surface area contributed by atoms with Crippen LogP contribution in [0.3, 0.4) is 0 Å². The lowest BCUT2D eigenvalue weighted by atomic mass is 10.0. The number of rotatable bonds is 7. The van der Waals surface area contributed by atoms with E-state index in [4.69, 9.17) is 0 Å². The normalized spacial score (nSPS) is 14.2. The molecule has 5 nitrogen and oxygen atoms in total. The average Bonchev–Trinajstić information content (AvgIpc) is 3.27. The molecule has 2 N–H and O–H groups in total. The molecule has 0 saturated carbocycles. The fourth-order valence-electron chi connectivity index (χ4n) is 3.38. The SMILES string of the molecule is CC(C)c1c[nH]c(CC(C)c2ccc(CC(C)c3nncn3C)[nH]2)c1. The van der Waals surface area contributed by atoms with Crippen LogP contribution in [0.15, 0.2) is 30.7 Å². The van der Waals surface area contributed by atoms with Gasteiger partial charge in [-0.15, -0.1) is 10.2 Å². The Morgan fingerprint density at radius 3 is 2.44 bits per heavy atom. The fourth-order valence-corrected chi connectivity index (χ4v) is 3.38. The lowest BCUT2D eigenvalue weighted by Crippen LogP contribution is -2.06. The third-order valence-corrected chi connectivity index (χ3v) is 4.97. The second-order valence-corrected chi connectivity index (χ2v) is 7.56. The number of hydrogen-bond donors (Lipinski definition) is 2. The number of aromatic nitrogens is 5. The molecule has 0 radical (unpaired) electrons. The maximum Gasteiger partial charge on any atom is 0.135 e. The van der Waals surface area contributed by atoms with E-state index in [2.05, 4.69) is 72.3 Å². The van der Waals surface area contributed by atoms with Crippen LogP contribution in [0.2, 0.25) is 0 Å². The number of H-pyrrole nitrogens is 2. The van der Waals surface area contributed by atoms with Crippen molar-refractivity contribution in [3.05, 3.63) is 59.2 Å². The molecule has 0 aliphatic rings. The number of aromatic amines is 2. The van der Waals surface area contributed by atoms with E-state index in [-0.39, 0.29) is 0 Å². The van der Waals surface area contributed by atoms with E-state index in [0.29, 0.717) is 17.8 Å². The van der Waals surface area contributed by atoms with Gasteiger partial charge < -0.3 is 14.5 Å². The summed E-state index contributed by atoms with van der Waals surface area (Å²) in [7, 11) is 2.00. The first kappa shape index (κ1) is 17.5. The molecule has 5 heteroatoms. The van der Waals surface area contributed by atoms with Gasteiger partial charge in [0.15, 0.2) is 0 Å². The quantitative estimate of drug-likeness (QED) is 0.674. The first-order valence-corrected chi connectivity index (χ1v) is 9.13. The minimum Gasteiger partial charge on any atom is -0.365 e. The number of nitrogens with one attached hydrogen (secondary N) is 2. The number of nitrogens with zero attached hydrogens (tertiary/aromatic N) is 3. The molecule has 25 heavy (non-hydrogen) atoms. The van der Waals surface area contributed by atoms with E-state index < -0.39 is 0 Å². The summed E-state index contributed by atoms with van der Waals surface area (Å²) in [5.74, 6) is 2.39. The summed E-state index contributed by atoms with van der Waals surface area (Å²) in [5, 5.41) is 8.20. The largest absolute Gasteiger partial charge is 0.365 e. The molecular formula is C20H29N5. The lowest BCUT2D eigenvalue weighted by molar-refractivity contribution is 0.643. The standard InChI is InChI=1S/C20H29N5/c1-13(2)16-10-18(21-11-16)8-14(3)19-7-6-17(23-19)9-15(4)20-24-22-12-25(20)5/h6-7,10-15,21,23H,8-9H2,1-5H3. The summed E-state index contributed by atoms with van der Waals surface area (Å²) >= 11 is 0. The smallest absolute Gasteiger partial charge is 0.135 e. The molecule has 3 rings (SSSR count). The lowest BCUT2D eigenvalue weighted by Gasteiger charge is -2.11. The average molecular weight is 339 g/mol. The zero-order chi connectivity index (χ0) is 18.0. The molecule has 0 amide bonds. The van der Waals surface area contributed by atoms with Crippen molar-refractivity contribution < 1.29 is 0 Å². The van der Waals surface area contributed by atoms with Crippen molar-refractivity contribution in [2.24, 2.45) is 7.05 Å². The van der Waals surface area contributed by atoms with Crippen LogP contribution in [-0.2, 0) is 19.9 Å². The van der Waals surface area contributed by atoms with Gasteiger partial charge in [0.05, 0.1) is 0 Å². The van der Waals surface area contributed by atoms with E-state index in [1.807, 2.05) is 11.6 Å². The minimum absolute atomic E-state index is 0.339. The van der Waals surface area contributed by atoms with Crippen LogP contribution >= 0.6 is 0 Å². The summed E-state index contributed by atoms with van der Waals surface area (Å²) in [5.41, 5.74) is 5.24. The van der Waals surface area contributed by atoms with E-state index in [0.717, 1.165) is 18.7 Å². The Labute approximate surface area is 149 Å². The van der Waals surface area contributed by atoms with Crippen LogP contribution in [-0.4, -0.2) is 24.7 Å². The number of hydrogen-bond acceptors (Lipinski definition) is 2. The predicted molar refractivity (Wildman–Crippen MR) is 101 cm³/mol. The number of aryl methyl sites for hydroxylation is 1. The summed E-state index contributed by atoms with van der Waals surface area (Å²) < 4.78 is 1.99. The van der Waals surface area contributed by atoms with Gasteiger partial charge in [-0.2, -0.15) is 0 Å². The van der Waals surface area contributed by atoms with Crippen molar-refractivity contribution in [3.63, 3.8) is 0 Å². The van der Waals surface area contributed by atoms with Crippen LogP contribution < -0.4 is 0 Å². The van der Waals surface area contributed by atoms with Gasteiger partial charge >= 0.3 is 0 Å². The third kappa shape index (κ3) is 4.03. The maximum absolute atomic E-state index is 4.22. The molecule has 0 aromatic carbocycles. The van der Waals surface area contributed by atoms with Crippen LogP contribution in [0, 0.1) is 0 Å². The molecule has 134 valence electrons. The first-order chi connectivity index (χ1) is 11.9. The van der Waals surface area contributed by atoms with Crippen LogP contribution in [0.25, 0.3) is 0 Å². The van der Waals surface area contributed by atoms with Gasteiger partial charge in [0, 0.05) is 42.2 Å².